The number of nitrogens with zero attached hydrogens (tertiary/aromatic N) is 5. The van der Waals surface area contributed by atoms with Crippen molar-refractivity contribution in [3.05, 3.63) is 57.6 Å². The lowest BCUT2D eigenvalue weighted by molar-refractivity contribution is 0.107. The van der Waals surface area contributed by atoms with Gasteiger partial charge >= 0.3 is 6.01 Å². The molecule has 2 fully saturated rings. The Kier molecular flexibility index (Phi) is 6.79. The number of nitrogens with one attached hydrogen (secondary N) is 2. The molecule has 3 aliphatic heterocycles. The number of halogens is 3. The molecule has 0 amide bonds. The smallest absolute Gasteiger partial charge is 0.319 e. The Morgan fingerprint density at radius 1 is 1.29 bits per heavy atom. The lowest BCUT2D eigenvalue weighted by Gasteiger charge is -2.30. The molecule has 0 spiro atoms. The van der Waals surface area contributed by atoms with Crippen molar-refractivity contribution in [2.75, 3.05) is 30.7 Å². The highest BCUT2D eigenvalue weighted by Crippen LogP contribution is 2.49. The predicted octanol–water partition coefficient (Wildman–Crippen LogP) is 6.08. The molecule has 2 saturated heterocycles. The summed E-state index contributed by atoms with van der Waals surface area (Å²) in [5.41, 5.74) is 10.1. The van der Waals surface area contributed by atoms with Gasteiger partial charge in [-0.25, -0.2) is 8.78 Å². The largest absolute Gasteiger partial charge is 0.461 e. The number of ether oxygens (including phenoxy) is 2. The fraction of sp³-hybridized carbons (Fsp3) is 0.355. The minimum absolute atomic E-state index is 0.106. The molecule has 230 valence electrons. The van der Waals surface area contributed by atoms with Crippen LogP contribution in [0.5, 0.6) is 6.01 Å². The number of rotatable bonds is 7. The number of benzene rings is 2. The summed E-state index contributed by atoms with van der Waals surface area (Å²) >= 11 is 8.30. The first-order chi connectivity index (χ1) is 21.9. The van der Waals surface area contributed by atoms with Crippen molar-refractivity contribution in [2.24, 2.45) is 0 Å². The van der Waals surface area contributed by atoms with Crippen LogP contribution in [-0.2, 0) is 24.5 Å². The summed E-state index contributed by atoms with van der Waals surface area (Å²) in [6.07, 6.45) is 4.84. The number of nitrogen functional groups attached to an aromatic ring is 1. The molecule has 3 aliphatic rings. The lowest BCUT2D eigenvalue weighted by atomic mass is 9.91. The minimum Gasteiger partial charge on any atom is -0.461 e. The number of anilines is 2. The number of hydrogen-bond acceptors (Lipinski definition) is 10. The zero-order valence-electron chi connectivity index (χ0n) is 23.9. The van der Waals surface area contributed by atoms with Crippen molar-refractivity contribution in [2.45, 2.75) is 50.7 Å². The number of nitriles is 1. The quantitative estimate of drug-likeness (QED) is 0.192. The van der Waals surface area contributed by atoms with E-state index >= 15 is 0 Å². The van der Waals surface area contributed by atoms with Crippen LogP contribution in [0.25, 0.3) is 32.1 Å². The molecule has 4 N–H and O–H groups in total. The van der Waals surface area contributed by atoms with Gasteiger partial charge in [-0.05, 0) is 42.1 Å². The molecule has 2 aromatic carbocycles. The van der Waals surface area contributed by atoms with Crippen molar-refractivity contribution >= 4 is 54.7 Å². The summed E-state index contributed by atoms with van der Waals surface area (Å²) in [5.74, 6) is 0.0342. The lowest BCUT2D eigenvalue weighted by Crippen LogP contribution is -2.43. The first-order valence-corrected chi connectivity index (χ1v) is 15.8. The van der Waals surface area contributed by atoms with E-state index in [1.807, 2.05) is 0 Å². The maximum absolute atomic E-state index is 15.0. The van der Waals surface area contributed by atoms with Gasteiger partial charge in [-0.2, -0.15) is 20.3 Å². The molecule has 14 heteroatoms. The van der Waals surface area contributed by atoms with Crippen LogP contribution in [0.15, 0.2) is 24.5 Å². The Labute approximate surface area is 265 Å². The third-order valence-corrected chi connectivity index (χ3v) is 10.6. The molecular formula is C31H27ClF2N8O2S. The Morgan fingerprint density at radius 2 is 2.16 bits per heavy atom. The van der Waals surface area contributed by atoms with Gasteiger partial charge in [0.15, 0.2) is 0 Å². The van der Waals surface area contributed by atoms with Gasteiger partial charge in [-0.3, -0.25) is 10.00 Å². The number of alkyl halides is 1. The van der Waals surface area contributed by atoms with Gasteiger partial charge in [-0.15, -0.1) is 11.3 Å². The van der Waals surface area contributed by atoms with E-state index in [4.69, 9.17) is 36.8 Å². The van der Waals surface area contributed by atoms with E-state index in [9.17, 15) is 14.0 Å². The van der Waals surface area contributed by atoms with Crippen LogP contribution in [-0.4, -0.2) is 56.5 Å². The Hall–Kier alpha value is -4.09. The van der Waals surface area contributed by atoms with E-state index in [2.05, 4.69) is 26.5 Å². The SMILES string of the molecule is N#Cc1c(N)sc2c(F)ccc(-c3c4c(c5c(NCc6cn[nH]c6)nc(OCC67CCCN6CC(F)C7)nc5c3Cl)COC4)c12. The first kappa shape index (κ1) is 28.4. The summed E-state index contributed by atoms with van der Waals surface area (Å²) < 4.78 is 42.0. The minimum atomic E-state index is -0.893. The third-order valence-electron chi connectivity index (χ3n) is 9.22. The number of aromatic amines is 1. The summed E-state index contributed by atoms with van der Waals surface area (Å²) in [7, 11) is 0. The van der Waals surface area contributed by atoms with E-state index in [1.165, 1.54) is 6.07 Å². The molecule has 0 saturated carbocycles. The van der Waals surface area contributed by atoms with Gasteiger partial charge in [0.2, 0.25) is 0 Å². The van der Waals surface area contributed by atoms with Crippen molar-refractivity contribution in [1.29, 1.82) is 5.26 Å². The predicted molar refractivity (Wildman–Crippen MR) is 167 cm³/mol. The van der Waals surface area contributed by atoms with E-state index < -0.39 is 17.5 Å². The topological polar surface area (TPSA) is 138 Å². The van der Waals surface area contributed by atoms with Gasteiger partial charge in [0.25, 0.3) is 0 Å². The number of hydrogen-bond donors (Lipinski definition) is 3. The van der Waals surface area contributed by atoms with Crippen LogP contribution in [0.4, 0.5) is 19.6 Å². The Morgan fingerprint density at radius 3 is 2.98 bits per heavy atom. The molecule has 2 unspecified atom stereocenters. The van der Waals surface area contributed by atoms with Crippen molar-refractivity contribution < 1.29 is 18.3 Å². The standard InChI is InChI=1S/C31H27ClF2N8O2S/c32-25-22(17-2-3-21(34)27-23(17)18(7-35)28(36)45-27)19-12-43-13-20(19)24-26(25)40-30(41-29(24)37-8-15-9-38-39-10-15)44-14-31-4-1-5-42(31)11-16(33)6-31/h2-3,9-10,16H,1,4-6,8,11-14,36H2,(H,38,39)(H,37,40,41). The zero-order valence-corrected chi connectivity index (χ0v) is 25.5. The molecule has 10 nitrogen and oxygen atoms in total. The third kappa shape index (κ3) is 4.50. The highest BCUT2D eigenvalue weighted by Gasteiger charge is 2.49. The van der Waals surface area contributed by atoms with Crippen LogP contribution in [0.2, 0.25) is 5.02 Å². The second kappa shape index (κ2) is 10.8. The molecule has 5 aromatic rings. The molecule has 6 heterocycles. The zero-order chi connectivity index (χ0) is 30.9. The summed E-state index contributed by atoms with van der Waals surface area (Å²) in [4.78, 5) is 11.8. The number of thiophene rings is 1. The molecule has 0 aliphatic carbocycles. The van der Waals surface area contributed by atoms with E-state index in [0.29, 0.717) is 57.8 Å². The average Bonchev–Trinajstić information content (AvgIpc) is 3.85. The fourth-order valence-electron chi connectivity index (χ4n) is 7.20. The highest BCUT2D eigenvalue weighted by atomic mass is 35.5. The van der Waals surface area contributed by atoms with Crippen molar-refractivity contribution in [3.63, 3.8) is 0 Å². The van der Waals surface area contributed by atoms with Gasteiger partial charge in [0, 0.05) is 42.2 Å². The van der Waals surface area contributed by atoms with E-state index in [0.717, 1.165) is 47.4 Å². The molecule has 3 aromatic heterocycles. The van der Waals surface area contributed by atoms with Crippen LogP contribution in [0.3, 0.4) is 0 Å². The van der Waals surface area contributed by atoms with E-state index in [-0.39, 0.29) is 41.1 Å². The summed E-state index contributed by atoms with van der Waals surface area (Å²) in [6.45, 7) is 2.43. The van der Waals surface area contributed by atoms with Crippen LogP contribution in [0, 0.1) is 17.1 Å². The first-order valence-electron chi connectivity index (χ1n) is 14.6. The molecule has 8 rings (SSSR count). The Balaban J connectivity index is 1.31. The Bertz CT molecular complexity index is 2030. The number of nitrogens with two attached hydrogens (primary N) is 1. The highest BCUT2D eigenvalue weighted by molar-refractivity contribution is 7.23. The number of aromatic nitrogens is 4. The monoisotopic (exact) mass is 648 g/mol. The summed E-state index contributed by atoms with van der Waals surface area (Å²) in [5, 5.41) is 21.8. The number of fused-ring (bicyclic) bond motifs is 5. The maximum Gasteiger partial charge on any atom is 0.319 e. The second-order valence-corrected chi connectivity index (χ2v) is 13.2. The fourth-order valence-corrected chi connectivity index (χ4v) is 8.50. The van der Waals surface area contributed by atoms with Gasteiger partial charge in [0.1, 0.15) is 35.5 Å². The maximum atomic E-state index is 15.0. The molecule has 2 atom stereocenters. The van der Waals surface area contributed by atoms with Gasteiger partial charge in [0.05, 0.1) is 51.1 Å². The van der Waals surface area contributed by atoms with Gasteiger partial charge < -0.3 is 20.5 Å². The average molecular weight is 649 g/mol. The molecule has 0 bridgehead atoms. The number of H-pyrrole nitrogens is 1. The molecule has 0 radical (unpaired) electrons. The van der Waals surface area contributed by atoms with Crippen molar-refractivity contribution in [1.82, 2.24) is 25.1 Å². The summed E-state index contributed by atoms with van der Waals surface area (Å²) in [6, 6.07) is 5.23. The van der Waals surface area contributed by atoms with Crippen LogP contribution in [0.1, 0.15) is 41.5 Å². The van der Waals surface area contributed by atoms with Crippen LogP contribution >= 0.6 is 22.9 Å². The van der Waals surface area contributed by atoms with Crippen molar-refractivity contribution in [3.8, 4) is 23.2 Å². The molecule has 45 heavy (non-hydrogen) atoms. The van der Waals surface area contributed by atoms with Crippen LogP contribution < -0.4 is 15.8 Å². The molecular weight excluding hydrogens is 622 g/mol. The van der Waals surface area contributed by atoms with Gasteiger partial charge in [-0.1, -0.05) is 17.7 Å². The normalized spacial score (nSPS) is 21.0. The van der Waals surface area contributed by atoms with E-state index in [1.54, 1.807) is 18.5 Å². The second-order valence-electron chi connectivity index (χ2n) is 11.8.